The van der Waals surface area contributed by atoms with Crippen molar-refractivity contribution in [3.8, 4) is 22.1 Å². The molecule has 0 atom stereocenters. The molecule has 0 saturated heterocycles. The van der Waals surface area contributed by atoms with E-state index in [9.17, 15) is 9.90 Å². The fourth-order valence-electron chi connectivity index (χ4n) is 3.54. The van der Waals surface area contributed by atoms with Crippen LogP contribution in [0.15, 0.2) is 48.7 Å². The molecule has 2 aromatic heterocycles. The third kappa shape index (κ3) is 3.11. The number of nitrogens with zero attached hydrogens (tertiary/aromatic N) is 4. The van der Waals surface area contributed by atoms with E-state index in [1.165, 1.54) is 0 Å². The Bertz CT molecular complexity index is 1200. The van der Waals surface area contributed by atoms with Crippen LogP contribution in [0, 0.1) is 0 Å². The summed E-state index contributed by atoms with van der Waals surface area (Å²) in [5, 5.41) is 15.5. The number of hydrogen-bond donors (Lipinski definition) is 1. The van der Waals surface area contributed by atoms with Gasteiger partial charge in [0.15, 0.2) is 11.5 Å². The van der Waals surface area contributed by atoms with Crippen LogP contribution in [0.1, 0.15) is 16.1 Å². The summed E-state index contributed by atoms with van der Waals surface area (Å²) in [5.74, 6) is 0.369. The number of benzene rings is 2. The standard InChI is InChI=1S/C21H18N4O3S/c1-24-16(6-7-22-24)21(27)25-8-9-28-19-14(12-25)10-13(11-17(19)26)20-23-15-4-2-3-5-18(15)29-20/h2-7,10-11,26H,8-9,12H2,1H3. The molecule has 8 heteroatoms. The first kappa shape index (κ1) is 17.7. The Kier molecular flexibility index (Phi) is 4.21. The van der Waals surface area contributed by atoms with Gasteiger partial charge in [0.25, 0.3) is 5.91 Å². The van der Waals surface area contributed by atoms with E-state index in [4.69, 9.17) is 4.74 Å². The molecule has 4 aromatic rings. The molecule has 0 radical (unpaired) electrons. The minimum Gasteiger partial charge on any atom is -0.504 e. The summed E-state index contributed by atoms with van der Waals surface area (Å²) < 4.78 is 8.42. The van der Waals surface area contributed by atoms with Gasteiger partial charge >= 0.3 is 0 Å². The normalized spacial score (nSPS) is 13.8. The Morgan fingerprint density at radius 1 is 1.24 bits per heavy atom. The van der Waals surface area contributed by atoms with Crippen LogP contribution in [0.3, 0.4) is 0 Å². The van der Waals surface area contributed by atoms with Crippen molar-refractivity contribution in [1.29, 1.82) is 0 Å². The minimum atomic E-state index is -0.119. The molecular formula is C21H18N4O3S. The van der Waals surface area contributed by atoms with Gasteiger partial charge in [-0.05, 0) is 30.3 Å². The fourth-order valence-corrected chi connectivity index (χ4v) is 4.49. The zero-order chi connectivity index (χ0) is 20.0. The van der Waals surface area contributed by atoms with E-state index in [0.717, 1.165) is 26.4 Å². The molecule has 0 bridgehead atoms. The van der Waals surface area contributed by atoms with E-state index < -0.39 is 0 Å². The molecule has 7 nitrogen and oxygen atoms in total. The Morgan fingerprint density at radius 3 is 2.90 bits per heavy atom. The molecular weight excluding hydrogens is 388 g/mol. The lowest BCUT2D eigenvalue weighted by Gasteiger charge is -2.20. The first-order valence-corrected chi connectivity index (χ1v) is 10.0. The molecule has 5 rings (SSSR count). The molecule has 2 aromatic carbocycles. The van der Waals surface area contributed by atoms with Gasteiger partial charge in [-0.3, -0.25) is 9.48 Å². The highest BCUT2D eigenvalue weighted by molar-refractivity contribution is 7.21. The first-order valence-electron chi connectivity index (χ1n) is 9.22. The number of fused-ring (bicyclic) bond motifs is 2. The Morgan fingerprint density at radius 2 is 2.10 bits per heavy atom. The minimum absolute atomic E-state index is 0.0617. The van der Waals surface area contributed by atoms with Crippen LogP contribution in [-0.2, 0) is 13.6 Å². The summed E-state index contributed by atoms with van der Waals surface area (Å²) in [7, 11) is 1.74. The molecule has 1 aliphatic rings. The number of aromatic hydroxyl groups is 1. The van der Waals surface area contributed by atoms with E-state index in [1.54, 1.807) is 46.3 Å². The van der Waals surface area contributed by atoms with Crippen LogP contribution in [0.2, 0.25) is 0 Å². The Hall–Kier alpha value is -3.39. The van der Waals surface area contributed by atoms with Crippen LogP contribution in [0.5, 0.6) is 11.5 Å². The quantitative estimate of drug-likeness (QED) is 0.552. The lowest BCUT2D eigenvalue weighted by atomic mass is 10.1. The fraction of sp³-hybridized carbons (Fsp3) is 0.190. The second kappa shape index (κ2) is 6.89. The van der Waals surface area contributed by atoms with E-state index in [0.29, 0.717) is 31.1 Å². The summed E-state index contributed by atoms with van der Waals surface area (Å²) in [5.41, 5.74) is 3.00. The Balaban J connectivity index is 1.53. The van der Waals surface area contributed by atoms with Gasteiger partial charge in [0.05, 0.1) is 16.8 Å². The molecule has 146 valence electrons. The number of aryl methyl sites for hydroxylation is 1. The third-order valence-electron chi connectivity index (χ3n) is 4.98. The lowest BCUT2D eigenvalue weighted by molar-refractivity contribution is 0.0722. The topological polar surface area (TPSA) is 80.5 Å². The van der Waals surface area contributed by atoms with Crippen LogP contribution in [0.25, 0.3) is 20.8 Å². The van der Waals surface area contributed by atoms with E-state index in [2.05, 4.69) is 10.1 Å². The summed E-state index contributed by atoms with van der Waals surface area (Å²) in [4.78, 5) is 19.3. The average Bonchev–Trinajstić information content (AvgIpc) is 3.27. The highest BCUT2D eigenvalue weighted by Crippen LogP contribution is 2.39. The van der Waals surface area contributed by atoms with E-state index >= 15 is 0 Å². The molecule has 1 amide bonds. The van der Waals surface area contributed by atoms with E-state index in [-0.39, 0.29) is 11.7 Å². The number of aromatic nitrogens is 3. The van der Waals surface area contributed by atoms with Crippen LogP contribution in [-0.4, -0.2) is 43.8 Å². The number of carbonyl (C=O) groups excluding carboxylic acids is 1. The molecule has 1 N–H and O–H groups in total. The number of ether oxygens (including phenoxy) is 1. The largest absolute Gasteiger partial charge is 0.504 e. The molecule has 0 saturated carbocycles. The first-order chi connectivity index (χ1) is 14.1. The van der Waals surface area contributed by atoms with Gasteiger partial charge in [0.1, 0.15) is 17.3 Å². The smallest absolute Gasteiger partial charge is 0.272 e. The maximum atomic E-state index is 12.9. The van der Waals surface area contributed by atoms with Crippen molar-refractivity contribution in [2.45, 2.75) is 6.54 Å². The highest BCUT2D eigenvalue weighted by Gasteiger charge is 2.25. The predicted molar refractivity (Wildman–Crippen MR) is 110 cm³/mol. The third-order valence-corrected chi connectivity index (χ3v) is 6.07. The van der Waals surface area contributed by atoms with Gasteiger partial charge in [0, 0.05) is 30.9 Å². The van der Waals surface area contributed by atoms with Crippen molar-refractivity contribution in [3.63, 3.8) is 0 Å². The second-order valence-corrected chi connectivity index (χ2v) is 7.92. The summed E-state index contributed by atoms with van der Waals surface area (Å²) in [6.45, 7) is 1.07. The number of amides is 1. The molecule has 0 unspecified atom stereocenters. The van der Waals surface area contributed by atoms with Gasteiger partial charge in [-0.25, -0.2) is 4.98 Å². The number of rotatable bonds is 2. The van der Waals surface area contributed by atoms with Gasteiger partial charge in [0.2, 0.25) is 0 Å². The SMILES string of the molecule is Cn1nccc1C(=O)N1CCOc2c(O)cc(-c3nc4ccccc4s3)cc2C1. The zero-order valence-electron chi connectivity index (χ0n) is 15.7. The number of phenolic OH excluding ortho intramolecular Hbond substituents is 1. The van der Waals surface area contributed by atoms with Crippen molar-refractivity contribution >= 4 is 27.5 Å². The molecule has 0 aliphatic carbocycles. The molecule has 0 fully saturated rings. The summed E-state index contributed by atoms with van der Waals surface area (Å²) in [6, 6.07) is 13.2. The van der Waals surface area contributed by atoms with Gasteiger partial charge < -0.3 is 14.7 Å². The van der Waals surface area contributed by atoms with Crippen molar-refractivity contribution in [1.82, 2.24) is 19.7 Å². The monoisotopic (exact) mass is 406 g/mol. The summed E-state index contributed by atoms with van der Waals surface area (Å²) in [6.07, 6.45) is 1.60. The number of carbonyl (C=O) groups is 1. The predicted octanol–water partition coefficient (Wildman–Crippen LogP) is 3.44. The maximum Gasteiger partial charge on any atom is 0.272 e. The van der Waals surface area contributed by atoms with E-state index in [1.807, 2.05) is 30.3 Å². The molecule has 0 spiro atoms. The van der Waals surface area contributed by atoms with Crippen LogP contribution >= 0.6 is 11.3 Å². The average molecular weight is 406 g/mol. The maximum absolute atomic E-state index is 12.9. The number of thiazole rings is 1. The molecule has 3 heterocycles. The zero-order valence-corrected chi connectivity index (χ0v) is 16.5. The number of para-hydroxylation sites is 1. The highest BCUT2D eigenvalue weighted by atomic mass is 32.1. The van der Waals surface area contributed by atoms with Crippen LogP contribution in [0.4, 0.5) is 0 Å². The van der Waals surface area contributed by atoms with Gasteiger partial charge in [-0.15, -0.1) is 11.3 Å². The second-order valence-electron chi connectivity index (χ2n) is 6.89. The van der Waals surface area contributed by atoms with Crippen molar-refractivity contribution < 1.29 is 14.6 Å². The number of hydrogen-bond acceptors (Lipinski definition) is 6. The van der Waals surface area contributed by atoms with Gasteiger partial charge in [-0.1, -0.05) is 12.1 Å². The number of phenols is 1. The van der Waals surface area contributed by atoms with Crippen molar-refractivity contribution in [2.75, 3.05) is 13.2 Å². The Labute approximate surface area is 170 Å². The van der Waals surface area contributed by atoms with Crippen molar-refractivity contribution in [3.05, 3.63) is 59.9 Å². The van der Waals surface area contributed by atoms with Crippen molar-refractivity contribution in [2.24, 2.45) is 7.05 Å². The van der Waals surface area contributed by atoms with Gasteiger partial charge in [-0.2, -0.15) is 5.10 Å². The molecule has 1 aliphatic heterocycles. The lowest BCUT2D eigenvalue weighted by Crippen LogP contribution is -2.33. The van der Waals surface area contributed by atoms with Crippen LogP contribution < -0.4 is 4.74 Å². The molecule has 29 heavy (non-hydrogen) atoms. The summed E-state index contributed by atoms with van der Waals surface area (Å²) >= 11 is 1.57.